The van der Waals surface area contributed by atoms with Gasteiger partial charge in [0.1, 0.15) is 0 Å². The van der Waals surface area contributed by atoms with Crippen molar-refractivity contribution in [2.75, 3.05) is 0 Å². The predicted molar refractivity (Wildman–Crippen MR) is 47.5 cm³/mol. The zero-order valence-electron chi connectivity index (χ0n) is 6.87. The fraction of sp³-hybridized carbons (Fsp3) is 0.250. The summed E-state index contributed by atoms with van der Waals surface area (Å²) in [5.74, 6) is 0. The number of imidazole rings is 1. The molecule has 2 rings (SSSR count). The van der Waals surface area contributed by atoms with E-state index in [-0.39, 0.29) is 0 Å². The first kappa shape index (κ1) is 7.55. The quantitative estimate of drug-likeness (QED) is 0.622. The summed E-state index contributed by atoms with van der Waals surface area (Å²) in [5, 5.41) is 0.453. The maximum absolute atomic E-state index is 5.85. The lowest BCUT2D eigenvalue weighted by molar-refractivity contribution is 1.07. The summed E-state index contributed by atoms with van der Waals surface area (Å²) in [6, 6.07) is 0. The molecule has 4 heteroatoms. The molecule has 0 saturated carbocycles. The van der Waals surface area contributed by atoms with Crippen LogP contribution in [-0.4, -0.2) is 14.4 Å². The second-order valence-corrected chi connectivity index (χ2v) is 3.05. The molecule has 0 atom stereocenters. The fourth-order valence-electron chi connectivity index (χ4n) is 1.18. The normalized spacial score (nSPS) is 10.9. The van der Waals surface area contributed by atoms with Gasteiger partial charge in [-0.3, -0.25) is 4.40 Å². The summed E-state index contributed by atoms with van der Waals surface area (Å²) < 4.78 is 1.94. The van der Waals surface area contributed by atoms with Crippen LogP contribution >= 0.6 is 11.6 Å². The van der Waals surface area contributed by atoms with Gasteiger partial charge in [0.15, 0.2) is 10.8 Å². The van der Waals surface area contributed by atoms with E-state index in [0.717, 1.165) is 17.0 Å². The molecule has 0 N–H and O–H groups in total. The topological polar surface area (TPSA) is 30.2 Å². The minimum Gasteiger partial charge on any atom is -0.300 e. The summed E-state index contributed by atoms with van der Waals surface area (Å²) in [6.45, 7) is 3.96. The Labute approximate surface area is 75.0 Å². The van der Waals surface area contributed by atoms with Crippen molar-refractivity contribution in [3.63, 3.8) is 0 Å². The third-order valence-electron chi connectivity index (χ3n) is 1.97. The van der Waals surface area contributed by atoms with Crippen molar-refractivity contribution in [1.29, 1.82) is 0 Å². The van der Waals surface area contributed by atoms with Crippen LogP contribution in [0.4, 0.5) is 0 Å². The number of halogens is 1. The molecule has 2 aromatic rings. The molecule has 0 saturated heterocycles. The van der Waals surface area contributed by atoms with Crippen molar-refractivity contribution < 1.29 is 0 Å². The van der Waals surface area contributed by atoms with Crippen molar-refractivity contribution in [2.24, 2.45) is 0 Å². The molecule has 0 aliphatic carbocycles. The summed E-state index contributed by atoms with van der Waals surface area (Å²) in [4.78, 5) is 8.22. The molecule has 3 nitrogen and oxygen atoms in total. The zero-order valence-corrected chi connectivity index (χ0v) is 7.63. The van der Waals surface area contributed by atoms with E-state index in [0.29, 0.717) is 5.15 Å². The maximum atomic E-state index is 5.85. The number of hydrogen-bond donors (Lipinski definition) is 0. The van der Waals surface area contributed by atoms with Crippen LogP contribution in [0.15, 0.2) is 12.4 Å². The Morgan fingerprint density at radius 1 is 1.42 bits per heavy atom. The molecule has 0 aliphatic rings. The molecule has 0 bridgehead atoms. The summed E-state index contributed by atoms with van der Waals surface area (Å²) >= 11 is 5.85. The Morgan fingerprint density at radius 2 is 2.17 bits per heavy atom. The third-order valence-corrected chi connectivity index (χ3v) is 2.24. The monoisotopic (exact) mass is 181 g/mol. The SMILES string of the molecule is Cc1nc2c(Cl)nccn2c1C. The van der Waals surface area contributed by atoms with Gasteiger partial charge in [-0.1, -0.05) is 11.6 Å². The molecule has 0 unspecified atom stereocenters. The molecular formula is C8H8ClN3. The Bertz CT molecular complexity index is 433. The fourth-order valence-corrected chi connectivity index (χ4v) is 1.37. The molecule has 0 radical (unpaired) electrons. The first-order valence-corrected chi connectivity index (χ1v) is 4.03. The minimum atomic E-state index is 0.453. The van der Waals surface area contributed by atoms with E-state index in [9.17, 15) is 0 Å². The number of fused-ring (bicyclic) bond motifs is 1. The molecule has 62 valence electrons. The molecule has 0 amide bonds. The second kappa shape index (κ2) is 2.45. The summed E-state index contributed by atoms with van der Waals surface area (Å²) in [7, 11) is 0. The number of aromatic nitrogens is 3. The number of aryl methyl sites for hydroxylation is 2. The maximum Gasteiger partial charge on any atom is 0.175 e. The van der Waals surface area contributed by atoms with Gasteiger partial charge < -0.3 is 0 Å². The second-order valence-electron chi connectivity index (χ2n) is 2.69. The molecule has 0 spiro atoms. The largest absolute Gasteiger partial charge is 0.300 e. The highest BCUT2D eigenvalue weighted by molar-refractivity contribution is 6.32. The van der Waals surface area contributed by atoms with Crippen LogP contribution in [0.5, 0.6) is 0 Å². The van der Waals surface area contributed by atoms with Gasteiger partial charge in [0.2, 0.25) is 0 Å². The van der Waals surface area contributed by atoms with Crippen molar-refractivity contribution in [3.05, 3.63) is 28.9 Å². The van der Waals surface area contributed by atoms with Crippen LogP contribution in [0.25, 0.3) is 5.65 Å². The van der Waals surface area contributed by atoms with Gasteiger partial charge in [-0.2, -0.15) is 0 Å². The van der Waals surface area contributed by atoms with Crippen molar-refractivity contribution in [3.8, 4) is 0 Å². The average Bonchev–Trinajstić information content (AvgIpc) is 2.32. The van der Waals surface area contributed by atoms with Crippen LogP contribution in [0.2, 0.25) is 5.15 Å². The predicted octanol–water partition coefficient (Wildman–Crippen LogP) is 2.00. The van der Waals surface area contributed by atoms with E-state index < -0.39 is 0 Å². The van der Waals surface area contributed by atoms with Crippen LogP contribution in [0.1, 0.15) is 11.4 Å². The van der Waals surface area contributed by atoms with E-state index >= 15 is 0 Å². The molecular weight excluding hydrogens is 174 g/mol. The van der Waals surface area contributed by atoms with Crippen LogP contribution < -0.4 is 0 Å². The van der Waals surface area contributed by atoms with Crippen molar-refractivity contribution in [1.82, 2.24) is 14.4 Å². The van der Waals surface area contributed by atoms with Gasteiger partial charge in [-0.15, -0.1) is 0 Å². The highest BCUT2D eigenvalue weighted by atomic mass is 35.5. The van der Waals surface area contributed by atoms with Gasteiger partial charge in [0.25, 0.3) is 0 Å². The minimum absolute atomic E-state index is 0.453. The Balaban J connectivity index is 2.95. The molecule has 12 heavy (non-hydrogen) atoms. The Kier molecular flexibility index (Phi) is 1.54. The van der Waals surface area contributed by atoms with E-state index in [1.807, 2.05) is 24.4 Å². The molecule has 2 aromatic heterocycles. The lowest BCUT2D eigenvalue weighted by atomic mass is 10.4. The van der Waals surface area contributed by atoms with Crippen molar-refractivity contribution >= 4 is 17.2 Å². The van der Waals surface area contributed by atoms with Crippen LogP contribution in [0.3, 0.4) is 0 Å². The highest BCUT2D eigenvalue weighted by Crippen LogP contribution is 2.16. The van der Waals surface area contributed by atoms with E-state index in [2.05, 4.69) is 9.97 Å². The zero-order chi connectivity index (χ0) is 8.72. The van der Waals surface area contributed by atoms with Gasteiger partial charge in [0.05, 0.1) is 5.69 Å². The molecule has 0 aliphatic heterocycles. The molecule has 2 heterocycles. The van der Waals surface area contributed by atoms with Gasteiger partial charge in [-0.25, -0.2) is 9.97 Å². The lowest BCUT2D eigenvalue weighted by Crippen LogP contribution is -1.88. The van der Waals surface area contributed by atoms with E-state index in [1.165, 1.54) is 0 Å². The first-order chi connectivity index (χ1) is 5.70. The lowest BCUT2D eigenvalue weighted by Gasteiger charge is -1.95. The van der Waals surface area contributed by atoms with Crippen molar-refractivity contribution in [2.45, 2.75) is 13.8 Å². The Hall–Kier alpha value is -1.09. The van der Waals surface area contributed by atoms with Gasteiger partial charge >= 0.3 is 0 Å². The average molecular weight is 182 g/mol. The number of hydrogen-bond acceptors (Lipinski definition) is 2. The highest BCUT2D eigenvalue weighted by Gasteiger charge is 2.06. The standard InChI is InChI=1S/C8H8ClN3/c1-5-6(2)12-4-3-10-7(9)8(12)11-5/h3-4H,1-2H3. The molecule has 0 aromatic carbocycles. The number of nitrogens with zero attached hydrogens (tertiary/aromatic N) is 3. The van der Waals surface area contributed by atoms with E-state index in [1.54, 1.807) is 6.20 Å². The smallest absolute Gasteiger partial charge is 0.175 e. The first-order valence-electron chi connectivity index (χ1n) is 3.66. The Morgan fingerprint density at radius 3 is 2.83 bits per heavy atom. The summed E-state index contributed by atoms with van der Waals surface area (Å²) in [5.41, 5.74) is 2.83. The van der Waals surface area contributed by atoms with E-state index in [4.69, 9.17) is 11.6 Å². The summed E-state index contributed by atoms with van der Waals surface area (Å²) in [6.07, 6.45) is 3.53. The third kappa shape index (κ3) is 0.898. The molecule has 0 fully saturated rings. The van der Waals surface area contributed by atoms with Crippen LogP contribution in [-0.2, 0) is 0 Å². The van der Waals surface area contributed by atoms with Crippen LogP contribution in [0, 0.1) is 13.8 Å². The van der Waals surface area contributed by atoms with Gasteiger partial charge in [0, 0.05) is 18.1 Å². The van der Waals surface area contributed by atoms with Gasteiger partial charge in [-0.05, 0) is 13.8 Å². The number of rotatable bonds is 0.